The number of nitrogens with zero attached hydrogens (tertiary/aromatic N) is 2. The molecule has 1 heterocycles. The minimum atomic E-state index is -0.739. The third-order valence-corrected chi connectivity index (χ3v) is 3.63. The van der Waals surface area contributed by atoms with Crippen molar-refractivity contribution in [3.05, 3.63) is 0 Å². The lowest BCUT2D eigenvalue weighted by Gasteiger charge is -2.19. The van der Waals surface area contributed by atoms with E-state index in [-0.39, 0.29) is 11.9 Å². The molecule has 1 N–H and O–H groups in total. The number of carbonyl (C=O) groups excluding carboxylic acids is 2. The average molecular weight is 253 g/mol. The van der Waals surface area contributed by atoms with E-state index in [1.165, 1.54) is 17.7 Å². The summed E-state index contributed by atoms with van der Waals surface area (Å²) < 4.78 is 0. The van der Waals surface area contributed by atoms with Crippen LogP contribution >= 0.6 is 0 Å². The third-order valence-electron chi connectivity index (χ3n) is 3.63. The molecule has 0 atom stereocenters. The lowest BCUT2D eigenvalue weighted by Crippen LogP contribution is -2.40. The number of urea groups is 1. The van der Waals surface area contributed by atoms with Gasteiger partial charge in [-0.15, -0.1) is 0 Å². The molecule has 102 valence electrons. The molecular formula is C13H23N3O2. The van der Waals surface area contributed by atoms with E-state index in [1.807, 2.05) is 0 Å². The molecule has 5 heteroatoms. The minimum absolute atomic E-state index is 0.114. The van der Waals surface area contributed by atoms with E-state index in [0.717, 1.165) is 25.4 Å². The van der Waals surface area contributed by atoms with Gasteiger partial charge in [-0.05, 0) is 52.6 Å². The molecule has 2 aliphatic rings. The zero-order valence-corrected chi connectivity index (χ0v) is 11.5. The van der Waals surface area contributed by atoms with Gasteiger partial charge < -0.3 is 10.2 Å². The van der Waals surface area contributed by atoms with Crippen molar-refractivity contribution in [1.82, 2.24) is 15.1 Å². The van der Waals surface area contributed by atoms with Gasteiger partial charge in [0.15, 0.2) is 0 Å². The van der Waals surface area contributed by atoms with Crippen LogP contribution in [-0.2, 0) is 4.79 Å². The molecule has 3 amide bonds. The van der Waals surface area contributed by atoms with Crippen LogP contribution in [0.3, 0.4) is 0 Å². The Balaban J connectivity index is 1.72. The Labute approximate surface area is 108 Å². The first-order valence-electron chi connectivity index (χ1n) is 6.73. The van der Waals surface area contributed by atoms with Gasteiger partial charge in [0, 0.05) is 13.1 Å². The van der Waals surface area contributed by atoms with Crippen molar-refractivity contribution in [2.75, 3.05) is 26.7 Å². The Morgan fingerprint density at radius 1 is 1.39 bits per heavy atom. The summed E-state index contributed by atoms with van der Waals surface area (Å²) in [6.07, 6.45) is 3.55. The summed E-state index contributed by atoms with van der Waals surface area (Å²) in [5.74, 6) is 0.767. The smallest absolute Gasteiger partial charge is 0.324 e. The normalized spacial score (nSPS) is 22.8. The van der Waals surface area contributed by atoms with Crippen LogP contribution in [0.5, 0.6) is 0 Å². The van der Waals surface area contributed by atoms with E-state index in [2.05, 4.69) is 17.3 Å². The summed E-state index contributed by atoms with van der Waals surface area (Å²) >= 11 is 0. The highest BCUT2D eigenvalue weighted by atomic mass is 16.2. The van der Waals surface area contributed by atoms with E-state index < -0.39 is 5.54 Å². The lowest BCUT2D eigenvalue weighted by molar-refractivity contribution is -0.130. The molecule has 0 aromatic heterocycles. The zero-order valence-electron chi connectivity index (χ0n) is 11.5. The average Bonchev–Trinajstić information content (AvgIpc) is 3.02. The van der Waals surface area contributed by atoms with Crippen LogP contribution in [0.25, 0.3) is 0 Å². The van der Waals surface area contributed by atoms with Gasteiger partial charge in [0.2, 0.25) is 0 Å². The monoisotopic (exact) mass is 253 g/mol. The van der Waals surface area contributed by atoms with Gasteiger partial charge in [0.1, 0.15) is 5.54 Å². The number of rotatable bonds is 6. The minimum Gasteiger partial charge on any atom is -0.324 e. The largest absolute Gasteiger partial charge is 0.325 e. The SMILES string of the molecule is CN(CCCN1C(=O)NC(C)(C)C1=O)CC1CC1. The first kappa shape index (κ1) is 13.3. The van der Waals surface area contributed by atoms with E-state index in [4.69, 9.17) is 0 Å². The van der Waals surface area contributed by atoms with Gasteiger partial charge in [0.05, 0.1) is 0 Å². The topological polar surface area (TPSA) is 52.6 Å². The van der Waals surface area contributed by atoms with Crippen molar-refractivity contribution in [2.24, 2.45) is 5.92 Å². The summed E-state index contributed by atoms with van der Waals surface area (Å²) in [4.78, 5) is 27.2. The number of hydrogen-bond acceptors (Lipinski definition) is 3. The predicted octanol–water partition coefficient (Wildman–Crippen LogP) is 1.05. The highest BCUT2D eigenvalue weighted by Gasteiger charge is 2.43. The van der Waals surface area contributed by atoms with Gasteiger partial charge in [-0.2, -0.15) is 0 Å². The molecular weight excluding hydrogens is 230 g/mol. The highest BCUT2D eigenvalue weighted by molar-refractivity contribution is 6.06. The van der Waals surface area contributed by atoms with Gasteiger partial charge in [-0.25, -0.2) is 4.79 Å². The number of nitrogens with one attached hydrogen (secondary N) is 1. The van der Waals surface area contributed by atoms with Crippen molar-refractivity contribution in [2.45, 2.75) is 38.6 Å². The van der Waals surface area contributed by atoms with Crippen LogP contribution < -0.4 is 5.32 Å². The van der Waals surface area contributed by atoms with Gasteiger partial charge in [-0.3, -0.25) is 9.69 Å². The van der Waals surface area contributed by atoms with Gasteiger partial charge >= 0.3 is 6.03 Å². The molecule has 0 radical (unpaired) electrons. The molecule has 2 rings (SSSR count). The summed E-state index contributed by atoms with van der Waals surface area (Å²) in [6, 6.07) is -0.255. The van der Waals surface area contributed by atoms with Crippen LogP contribution in [0.2, 0.25) is 0 Å². The molecule has 1 saturated carbocycles. The Bertz CT molecular complexity index is 350. The van der Waals surface area contributed by atoms with E-state index in [0.29, 0.717) is 6.54 Å². The maximum Gasteiger partial charge on any atom is 0.325 e. The molecule has 1 aliphatic carbocycles. The van der Waals surface area contributed by atoms with Crippen LogP contribution in [0.4, 0.5) is 4.79 Å². The molecule has 0 spiro atoms. The fourth-order valence-electron chi connectivity index (χ4n) is 2.35. The van der Waals surface area contributed by atoms with E-state index in [1.54, 1.807) is 13.8 Å². The van der Waals surface area contributed by atoms with E-state index >= 15 is 0 Å². The summed E-state index contributed by atoms with van der Waals surface area (Å²) in [6.45, 7) is 6.08. The summed E-state index contributed by atoms with van der Waals surface area (Å²) in [5, 5.41) is 2.70. The Kier molecular flexibility index (Phi) is 3.61. The van der Waals surface area contributed by atoms with Crippen molar-refractivity contribution in [3.8, 4) is 0 Å². The maximum absolute atomic E-state index is 11.9. The molecule has 0 aromatic carbocycles. The van der Waals surface area contributed by atoms with Gasteiger partial charge in [0.25, 0.3) is 5.91 Å². The number of imide groups is 1. The lowest BCUT2D eigenvalue weighted by atomic mass is 10.1. The second kappa shape index (κ2) is 4.88. The van der Waals surface area contributed by atoms with Crippen molar-refractivity contribution < 1.29 is 9.59 Å². The number of amides is 3. The van der Waals surface area contributed by atoms with Crippen LogP contribution in [-0.4, -0.2) is 54.0 Å². The molecule has 1 aliphatic heterocycles. The third kappa shape index (κ3) is 3.02. The molecule has 0 bridgehead atoms. The van der Waals surface area contributed by atoms with Crippen LogP contribution in [0, 0.1) is 5.92 Å². The van der Waals surface area contributed by atoms with Gasteiger partial charge in [-0.1, -0.05) is 0 Å². The fourth-order valence-corrected chi connectivity index (χ4v) is 2.35. The second-order valence-electron chi connectivity index (χ2n) is 6.07. The molecule has 5 nitrogen and oxygen atoms in total. The molecule has 1 saturated heterocycles. The fraction of sp³-hybridized carbons (Fsp3) is 0.846. The number of hydrogen-bond donors (Lipinski definition) is 1. The Hall–Kier alpha value is -1.10. The second-order valence-corrected chi connectivity index (χ2v) is 6.07. The summed E-state index contributed by atoms with van der Waals surface area (Å²) in [5.41, 5.74) is -0.739. The quantitative estimate of drug-likeness (QED) is 0.720. The molecule has 0 aromatic rings. The standard InChI is InChI=1S/C13H23N3O2/c1-13(2)11(17)16(12(18)14-13)8-4-7-15(3)9-10-5-6-10/h10H,4-9H2,1-3H3,(H,14,18). The first-order chi connectivity index (χ1) is 8.40. The Morgan fingerprint density at radius 3 is 2.56 bits per heavy atom. The van der Waals surface area contributed by atoms with Crippen LogP contribution in [0.15, 0.2) is 0 Å². The van der Waals surface area contributed by atoms with Crippen LogP contribution in [0.1, 0.15) is 33.1 Å². The molecule has 18 heavy (non-hydrogen) atoms. The van der Waals surface area contributed by atoms with Crippen molar-refractivity contribution in [3.63, 3.8) is 0 Å². The summed E-state index contributed by atoms with van der Waals surface area (Å²) in [7, 11) is 2.11. The molecule has 0 unspecified atom stereocenters. The highest BCUT2D eigenvalue weighted by Crippen LogP contribution is 2.29. The van der Waals surface area contributed by atoms with Crippen molar-refractivity contribution in [1.29, 1.82) is 0 Å². The molecule has 2 fully saturated rings. The van der Waals surface area contributed by atoms with E-state index in [9.17, 15) is 9.59 Å². The van der Waals surface area contributed by atoms with Crippen molar-refractivity contribution >= 4 is 11.9 Å². The first-order valence-corrected chi connectivity index (χ1v) is 6.73. The Morgan fingerprint density at radius 2 is 2.06 bits per heavy atom. The maximum atomic E-state index is 11.9. The number of carbonyl (C=O) groups is 2. The zero-order chi connectivity index (χ0) is 13.3. The predicted molar refractivity (Wildman–Crippen MR) is 69.2 cm³/mol.